The fourth-order valence-corrected chi connectivity index (χ4v) is 4.22. The van der Waals surface area contributed by atoms with Crippen LogP contribution in [-0.4, -0.2) is 40.7 Å². The summed E-state index contributed by atoms with van der Waals surface area (Å²) in [6.07, 6.45) is 6.05. The predicted molar refractivity (Wildman–Crippen MR) is 93.1 cm³/mol. The van der Waals surface area contributed by atoms with Gasteiger partial charge in [0, 0.05) is 25.7 Å². The number of hydrogen-bond acceptors (Lipinski definition) is 4. The summed E-state index contributed by atoms with van der Waals surface area (Å²) in [5.41, 5.74) is 1.26. The largest absolute Gasteiger partial charge is 0.508 e. The van der Waals surface area contributed by atoms with Gasteiger partial charge in [-0.15, -0.1) is 0 Å². The maximum absolute atomic E-state index is 13.2. The minimum Gasteiger partial charge on any atom is -0.508 e. The number of likely N-dealkylation sites (tertiary alicyclic amines) is 1. The molecule has 0 spiro atoms. The highest BCUT2D eigenvalue weighted by Crippen LogP contribution is 2.39. The molecular weight excluding hydrogens is 319 g/mol. The third kappa shape index (κ3) is 3.93. The molecule has 25 heavy (non-hydrogen) atoms. The van der Waals surface area contributed by atoms with Crippen LogP contribution in [0.1, 0.15) is 18.4 Å². The lowest BCUT2D eigenvalue weighted by Gasteiger charge is -2.19. The van der Waals surface area contributed by atoms with Crippen LogP contribution in [-0.2, 0) is 6.42 Å². The van der Waals surface area contributed by atoms with Crippen LogP contribution in [0, 0.1) is 17.7 Å². The highest BCUT2D eigenvalue weighted by Gasteiger charge is 2.41. The smallest absolute Gasteiger partial charge is 0.145 e. The van der Waals surface area contributed by atoms with Gasteiger partial charge in [0.05, 0.1) is 18.5 Å². The number of phenols is 1. The molecule has 4 rings (SSSR count). The summed E-state index contributed by atoms with van der Waals surface area (Å²) in [5, 5.41) is 9.34. The van der Waals surface area contributed by atoms with Gasteiger partial charge in [0.2, 0.25) is 0 Å². The van der Waals surface area contributed by atoms with Gasteiger partial charge in [0.15, 0.2) is 0 Å². The fourth-order valence-electron chi connectivity index (χ4n) is 4.22. The van der Waals surface area contributed by atoms with Crippen LogP contribution in [0.3, 0.4) is 0 Å². The molecule has 0 bridgehead atoms. The predicted octanol–water partition coefficient (Wildman–Crippen LogP) is 3.26. The number of fused-ring (bicyclic) bond motifs is 1. The van der Waals surface area contributed by atoms with E-state index in [4.69, 9.17) is 4.74 Å². The van der Waals surface area contributed by atoms with Crippen molar-refractivity contribution in [3.05, 3.63) is 54.1 Å². The summed E-state index contributed by atoms with van der Waals surface area (Å²) in [6, 6.07) is 8.88. The van der Waals surface area contributed by atoms with Crippen molar-refractivity contribution in [1.29, 1.82) is 0 Å². The fraction of sp³-hybridized carbons (Fsp3) is 0.450. The molecule has 2 atom stereocenters. The third-order valence-corrected chi connectivity index (χ3v) is 5.42. The minimum atomic E-state index is -0.351. The lowest BCUT2D eigenvalue weighted by atomic mass is 10.0. The molecule has 1 aliphatic carbocycles. The van der Waals surface area contributed by atoms with Crippen LogP contribution < -0.4 is 4.74 Å². The van der Waals surface area contributed by atoms with Crippen molar-refractivity contribution in [2.75, 3.05) is 19.6 Å². The molecule has 1 aliphatic heterocycles. The number of hydrogen-bond donors (Lipinski definition) is 1. The van der Waals surface area contributed by atoms with Crippen LogP contribution >= 0.6 is 0 Å². The summed E-state index contributed by atoms with van der Waals surface area (Å²) in [6.45, 7) is 3.28. The van der Waals surface area contributed by atoms with E-state index in [1.807, 2.05) is 12.1 Å². The zero-order valence-electron chi connectivity index (χ0n) is 14.1. The van der Waals surface area contributed by atoms with E-state index < -0.39 is 0 Å². The maximum atomic E-state index is 13.2. The molecular formula is C20H23FN2O2. The lowest BCUT2D eigenvalue weighted by molar-refractivity contribution is 0.184. The average Bonchev–Trinajstić information content (AvgIpc) is 3.12. The van der Waals surface area contributed by atoms with Gasteiger partial charge in [-0.1, -0.05) is 12.1 Å². The number of ether oxygens (including phenoxy) is 1. The van der Waals surface area contributed by atoms with Gasteiger partial charge in [-0.3, -0.25) is 4.98 Å². The topological polar surface area (TPSA) is 45.6 Å². The molecule has 2 aliphatic rings. The van der Waals surface area contributed by atoms with Crippen molar-refractivity contribution in [3.8, 4) is 11.5 Å². The van der Waals surface area contributed by atoms with Crippen molar-refractivity contribution in [3.63, 3.8) is 0 Å². The Labute approximate surface area is 147 Å². The van der Waals surface area contributed by atoms with E-state index in [0.29, 0.717) is 23.3 Å². The molecule has 2 heterocycles. The van der Waals surface area contributed by atoms with E-state index in [0.717, 1.165) is 38.9 Å². The second kappa shape index (κ2) is 7.00. The number of aromatic nitrogens is 1. The second-order valence-corrected chi connectivity index (χ2v) is 7.25. The molecule has 1 saturated carbocycles. The van der Waals surface area contributed by atoms with E-state index >= 15 is 0 Å². The molecule has 0 radical (unpaired) electrons. The Kier molecular flexibility index (Phi) is 4.57. The molecule has 1 N–H and O–H groups in total. The number of benzene rings is 1. The molecule has 132 valence electrons. The van der Waals surface area contributed by atoms with Crippen LogP contribution in [0.25, 0.3) is 0 Å². The van der Waals surface area contributed by atoms with E-state index in [9.17, 15) is 9.50 Å². The highest BCUT2D eigenvalue weighted by atomic mass is 19.1. The SMILES string of the molecule is Oc1ccc(CCN2CC3CC(Oc4cncc(F)c4)CC3C2)cc1. The van der Waals surface area contributed by atoms with Crippen molar-refractivity contribution in [2.45, 2.75) is 25.4 Å². The Morgan fingerprint density at radius 3 is 2.52 bits per heavy atom. The van der Waals surface area contributed by atoms with Gasteiger partial charge < -0.3 is 14.7 Å². The molecule has 5 heteroatoms. The Hall–Kier alpha value is -2.14. The second-order valence-electron chi connectivity index (χ2n) is 7.25. The first-order valence-electron chi connectivity index (χ1n) is 8.93. The Balaban J connectivity index is 1.25. The first kappa shape index (κ1) is 16.3. The van der Waals surface area contributed by atoms with Gasteiger partial charge in [0.25, 0.3) is 0 Å². The summed E-state index contributed by atoms with van der Waals surface area (Å²) in [4.78, 5) is 6.38. The van der Waals surface area contributed by atoms with E-state index in [2.05, 4.69) is 9.88 Å². The van der Waals surface area contributed by atoms with Gasteiger partial charge in [-0.05, 0) is 48.8 Å². The van der Waals surface area contributed by atoms with Crippen LogP contribution in [0.2, 0.25) is 0 Å². The third-order valence-electron chi connectivity index (χ3n) is 5.42. The van der Waals surface area contributed by atoms with Crippen molar-refractivity contribution < 1.29 is 14.2 Å². The standard InChI is InChI=1S/C20H23FN2O2/c21-17-9-20(11-22-10-17)25-19-7-15-12-23(13-16(15)8-19)6-5-14-1-3-18(24)4-2-14/h1-4,9-11,15-16,19,24H,5-8,12-13H2. The van der Waals surface area contributed by atoms with Gasteiger partial charge in [0.1, 0.15) is 17.3 Å². The normalized spacial score (nSPS) is 25.9. The number of rotatable bonds is 5. The summed E-state index contributed by atoms with van der Waals surface area (Å²) in [7, 11) is 0. The van der Waals surface area contributed by atoms with Gasteiger partial charge in [-0.2, -0.15) is 0 Å². The molecule has 1 aromatic carbocycles. The quantitative estimate of drug-likeness (QED) is 0.906. The lowest BCUT2D eigenvalue weighted by Crippen LogP contribution is -2.26. The first-order chi connectivity index (χ1) is 12.2. The molecule has 1 saturated heterocycles. The number of phenolic OH excluding ortho intramolecular Hbond substituents is 1. The Bertz CT molecular complexity index is 708. The zero-order chi connectivity index (χ0) is 17.2. The van der Waals surface area contributed by atoms with E-state index in [1.165, 1.54) is 17.8 Å². The number of pyridine rings is 1. The summed E-state index contributed by atoms with van der Waals surface area (Å²) in [5.74, 6) is 1.85. The molecule has 0 amide bonds. The number of aromatic hydroxyl groups is 1. The Morgan fingerprint density at radius 1 is 1.12 bits per heavy atom. The van der Waals surface area contributed by atoms with Crippen molar-refractivity contribution >= 4 is 0 Å². The van der Waals surface area contributed by atoms with Crippen LogP contribution in [0.15, 0.2) is 42.7 Å². The first-order valence-corrected chi connectivity index (χ1v) is 8.93. The molecule has 2 unspecified atom stereocenters. The maximum Gasteiger partial charge on any atom is 0.145 e. The van der Waals surface area contributed by atoms with E-state index in [-0.39, 0.29) is 11.9 Å². The molecule has 2 fully saturated rings. The highest BCUT2D eigenvalue weighted by molar-refractivity contribution is 5.26. The summed E-state index contributed by atoms with van der Waals surface area (Å²) < 4.78 is 19.1. The molecule has 1 aromatic heterocycles. The molecule has 2 aromatic rings. The van der Waals surface area contributed by atoms with Crippen LogP contribution in [0.5, 0.6) is 11.5 Å². The molecule has 4 nitrogen and oxygen atoms in total. The minimum absolute atomic E-state index is 0.179. The van der Waals surface area contributed by atoms with E-state index in [1.54, 1.807) is 18.3 Å². The monoisotopic (exact) mass is 342 g/mol. The zero-order valence-corrected chi connectivity index (χ0v) is 14.1. The number of nitrogens with zero attached hydrogens (tertiary/aromatic N) is 2. The van der Waals surface area contributed by atoms with Crippen LogP contribution in [0.4, 0.5) is 4.39 Å². The summed E-state index contributed by atoms with van der Waals surface area (Å²) >= 11 is 0. The Morgan fingerprint density at radius 2 is 1.84 bits per heavy atom. The number of halogens is 1. The van der Waals surface area contributed by atoms with Crippen molar-refractivity contribution in [2.24, 2.45) is 11.8 Å². The van der Waals surface area contributed by atoms with Gasteiger partial charge in [-0.25, -0.2) is 4.39 Å². The van der Waals surface area contributed by atoms with Crippen molar-refractivity contribution in [1.82, 2.24) is 9.88 Å². The average molecular weight is 342 g/mol. The van der Waals surface area contributed by atoms with Gasteiger partial charge >= 0.3 is 0 Å².